The lowest BCUT2D eigenvalue weighted by molar-refractivity contribution is 0.0959. The second kappa shape index (κ2) is 5.23. The number of carbonyl (C=O) groups excluding carboxylic acids is 1. The van der Waals surface area contributed by atoms with Crippen molar-refractivity contribution in [3.05, 3.63) is 41.3 Å². The van der Waals surface area contributed by atoms with Crippen molar-refractivity contribution in [1.29, 1.82) is 0 Å². The summed E-state index contributed by atoms with van der Waals surface area (Å²) in [4.78, 5) is 12.6. The lowest BCUT2D eigenvalue weighted by atomic mass is 10.1. The summed E-state index contributed by atoms with van der Waals surface area (Å²) in [5.74, 6) is -0.102. The first-order valence-corrected chi connectivity index (χ1v) is 6.63. The molecule has 1 amide bonds. The van der Waals surface area contributed by atoms with E-state index in [2.05, 4.69) is 11.9 Å². The zero-order valence-corrected chi connectivity index (χ0v) is 11.1. The number of anilines is 1. The zero-order chi connectivity index (χ0) is 13.1. The first kappa shape index (κ1) is 12.6. The highest BCUT2D eigenvalue weighted by Crippen LogP contribution is 2.35. The topological polar surface area (TPSA) is 55.1 Å². The number of nitrogens with two attached hydrogens (primary N) is 1. The molecule has 3 nitrogen and oxygen atoms in total. The van der Waals surface area contributed by atoms with Gasteiger partial charge in [-0.05, 0) is 18.9 Å². The Hall–Kier alpha value is -1.81. The van der Waals surface area contributed by atoms with Crippen LogP contribution in [0.25, 0.3) is 10.1 Å². The Bertz CT molecular complexity index is 601. The number of fused-ring (bicyclic) bond motifs is 1. The Morgan fingerprint density at radius 3 is 3.00 bits per heavy atom. The molecule has 0 radical (unpaired) electrons. The summed E-state index contributed by atoms with van der Waals surface area (Å²) in [7, 11) is 0. The van der Waals surface area contributed by atoms with Gasteiger partial charge in [0.25, 0.3) is 5.91 Å². The fraction of sp³-hybridized carbons (Fsp3) is 0.214. The number of hydrogen-bond donors (Lipinski definition) is 2. The average Bonchev–Trinajstić information content (AvgIpc) is 2.69. The number of rotatable bonds is 4. The minimum absolute atomic E-state index is 0.102. The van der Waals surface area contributed by atoms with Crippen LogP contribution in [0.2, 0.25) is 0 Å². The summed E-state index contributed by atoms with van der Waals surface area (Å²) in [5.41, 5.74) is 7.77. The van der Waals surface area contributed by atoms with Crippen molar-refractivity contribution in [2.75, 3.05) is 12.3 Å². The minimum Gasteiger partial charge on any atom is -0.397 e. The number of nitrogens with one attached hydrogen (secondary N) is 1. The van der Waals surface area contributed by atoms with E-state index < -0.39 is 0 Å². The maximum Gasteiger partial charge on any atom is 0.263 e. The van der Waals surface area contributed by atoms with Gasteiger partial charge in [0.1, 0.15) is 4.88 Å². The second-order valence-electron chi connectivity index (χ2n) is 4.13. The molecule has 3 N–H and O–H groups in total. The van der Waals surface area contributed by atoms with Gasteiger partial charge in [-0.15, -0.1) is 17.9 Å². The molecule has 0 atom stereocenters. The molecule has 0 saturated carbocycles. The molecular weight excluding hydrogens is 244 g/mol. The summed E-state index contributed by atoms with van der Waals surface area (Å²) in [6.45, 7) is 6.24. The predicted octanol–water partition coefficient (Wildman–Crippen LogP) is 3.10. The second-order valence-corrected chi connectivity index (χ2v) is 5.15. The molecule has 1 aromatic heterocycles. The maximum atomic E-state index is 12.0. The smallest absolute Gasteiger partial charge is 0.263 e. The van der Waals surface area contributed by atoms with E-state index in [0.717, 1.165) is 22.1 Å². The molecular formula is C14H16N2OS. The van der Waals surface area contributed by atoms with Gasteiger partial charge in [0.05, 0.1) is 5.69 Å². The summed E-state index contributed by atoms with van der Waals surface area (Å²) in [6.07, 6.45) is 2.54. The van der Waals surface area contributed by atoms with Gasteiger partial charge in [0, 0.05) is 16.6 Å². The standard InChI is InChI=1S/C14H16N2OS/c1-3-4-8-16-14(17)13-11(15)10-7-5-6-9(2)12(10)18-13/h3,5-7H,1,4,8,15H2,2H3,(H,16,17). The van der Waals surface area contributed by atoms with Gasteiger partial charge in [0.2, 0.25) is 0 Å². The van der Waals surface area contributed by atoms with Gasteiger partial charge in [-0.25, -0.2) is 0 Å². The van der Waals surface area contributed by atoms with E-state index in [0.29, 0.717) is 17.1 Å². The maximum absolute atomic E-state index is 12.0. The summed E-state index contributed by atoms with van der Waals surface area (Å²) in [5, 5.41) is 3.81. The van der Waals surface area contributed by atoms with Crippen molar-refractivity contribution in [1.82, 2.24) is 5.32 Å². The molecule has 0 unspecified atom stereocenters. The van der Waals surface area contributed by atoms with Crippen LogP contribution in [0.15, 0.2) is 30.9 Å². The van der Waals surface area contributed by atoms with E-state index in [4.69, 9.17) is 5.73 Å². The lowest BCUT2D eigenvalue weighted by Gasteiger charge is -2.01. The molecule has 1 aromatic carbocycles. The third-order valence-electron chi connectivity index (χ3n) is 2.79. The van der Waals surface area contributed by atoms with Crippen LogP contribution in [0.1, 0.15) is 21.7 Å². The number of thiophene rings is 1. The first-order valence-electron chi connectivity index (χ1n) is 5.82. The van der Waals surface area contributed by atoms with E-state index in [1.54, 1.807) is 6.08 Å². The monoisotopic (exact) mass is 260 g/mol. The highest BCUT2D eigenvalue weighted by molar-refractivity contribution is 7.21. The predicted molar refractivity (Wildman–Crippen MR) is 78.1 cm³/mol. The molecule has 0 bridgehead atoms. The highest BCUT2D eigenvalue weighted by atomic mass is 32.1. The number of amides is 1. The summed E-state index contributed by atoms with van der Waals surface area (Å²) in [6, 6.07) is 5.94. The molecule has 0 aliphatic heterocycles. The highest BCUT2D eigenvalue weighted by Gasteiger charge is 2.16. The molecule has 2 aromatic rings. The first-order chi connectivity index (χ1) is 8.65. The lowest BCUT2D eigenvalue weighted by Crippen LogP contribution is -2.23. The van der Waals surface area contributed by atoms with Crippen LogP contribution in [0, 0.1) is 6.92 Å². The Labute approximate surface area is 110 Å². The van der Waals surface area contributed by atoms with Gasteiger partial charge in [-0.1, -0.05) is 24.3 Å². The fourth-order valence-corrected chi connectivity index (χ4v) is 2.92. The molecule has 0 spiro atoms. The molecule has 1 heterocycles. The molecule has 18 heavy (non-hydrogen) atoms. The molecule has 4 heteroatoms. The van der Waals surface area contributed by atoms with E-state index in [-0.39, 0.29) is 5.91 Å². The SMILES string of the molecule is C=CCCNC(=O)c1sc2c(C)cccc2c1N. The van der Waals surface area contributed by atoms with Crippen molar-refractivity contribution in [2.45, 2.75) is 13.3 Å². The number of aryl methyl sites for hydroxylation is 1. The number of benzene rings is 1. The van der Waals surface area contributed by atoms with Crippen molar-refractivity contribution < 1.29 is 4.79 Å². The molecule has 0 aliphatic rings. The van der Waals surface area contributed by atoms with E-state index in [1.165, 1.54) is 11.3 Å². The van der Waals surface area contributed by atoms with Crippen molar-refractivity contribution >= 4 is 33.0 Å². The van der Waals surface area contributed by atoms with Gasteiger partial charge in [-0.3, -0.25) is 4.79 Å². The van der Waals surface area contributed by atoms with Crippen LogP contribution in [0.4, 0.5) is 5.69 Å². The molecule has 0 saturated heterocycles. The molecule has 2 rings (SSSR count). The molecule has 94 valence electrons. The van der Waals surface area contributed by atoms with E-state index in [9.17, 15) is 4.79 Å². The number of carbonyl (C=O) groups is 1. The Kier molecular flexibility index (Phi) is 3.67. The van der Waals surface area contributed by atoms with E-state index in [1.807, 2.05) is 25.1 Å². The Morgan fingerprint density at radius 2 is 2.33 bits per heavy atom. The van der Waals surface area contributed by atoms with Crippen LogP contribution in [0.3, 0.4) is 0 Å². The Morgan fingerprint density at radius 1 is 1.56 bits per heavy atom. The van der Waals surface area contributed by atoms with Crippen LogP contribution in [-0.2, 0) is 0 Å². The third-order valence-corrected chi connectivity index (χ3v) is 4.15. The van der Waals surface area contributed by atoms with Crippen LogP contribution in [0.5, 0.6) is 0 Å². The van der Waals surface area contributed by atoms with Crippen molar-refractivity contribution in [2.24, 2.45) is 0 Å². The van der Waals surface area contributed by atoms with Crippen molar-refractivity contribution in [3.8, 4) is 0 Å². The largest absolute Gasteiger partial charge is 0.397 e. The van der Waals surface area contributed by atoms with Crippen LogP contribution in [-0.4, -0.2) is 12.5 Å². The van der Waals surface area contributed by atoms with Gasteiger partial charge in [0.15, 0.2) is 0 Å². The van der Waals surface area contributed by atoms with Crippen LogP contribution < -0.4 is 11.1 Å². The zero-order valence-electron chi connectivity index (χ0n) is 10.3. The summed E-state index contributed by atoms with van der Waals surface area (Å²) >= 11 is 1.45. The van der Waals surface area contributed by atoms with E-state index >= 15 is 0 Å². The average molecular weight is 260 g/mol. The quantitative estimate of drug-likeness (QED) is 0.655. The van der Waals surface area contributed by atoms with Crippen molar-refractivity contribution in [3.63, 3.8) is 0 Å². The third kappa shape index (κ3) is 2.24. The normalized spacial score (nSPS) is 10.5. The van der Waals surface area contributed by atoms with Gasteiger partial charge >= 0.3 is 0 Å². The summed E-state index contributed by atoms with van der Waals surface area (Å²) < 4.78 is 1.09. The van der Waals surface area contributed by atoms with Gasteiger partial charge in [-0.2, -0.15) is 0 Å². The fourth-order valence-electron chi connectivity index (χ4n) is 1.82. The van der Waals surface area contributed by atoms with Crippen LogP contribution >= 0.6 is 11.3 Å². The number of hydrogen-bond acceptors (Lipinski definition) is 3. The molecule has 0 aliphatic carbocycles. The minimum atomic E-state index is -0.102. The van der Waals surface area contributed by atoms with Gasteiger partial charge < -0.3 is 11.1 Å². The Balaban J connectivity index is 2.34. The molecule has 0 fully saturated rings. The number of nitrogen functional groups attached to an aromatic ring is 1.